The third-order valence-electron chi connectivity index (χ3n) is 6.01. The van der Waals surface area contributed by atoms with Gasteiger partial charge >= 0.3 is 6.03 Å². The molecule has 0 unspecified atom stereocenters. The maximum absolute atomic E-state index is 13.2. The summed E-state index contributed by atoms with van der Waals surface area (Å²) in [5.74, 6) is 1.27. The van der Waals surface area contributed by atoms with Crippen LogP contribution in [0.25, 0.3) is 10.9 Å². The number of urea groups is 1. The van der Waals surface area contributed by atoms with Gasteiger partial charge < -0.3 is 24.7 Å². The Hall–Kier alpha value is -4.26. The summed E-state index contributed by atoms with van der Waals surface area (Å²) in [6.07, 6.45) is 0. The van der Waals surface area contributed by atoms with E-state index < -0.39 is 0 Å². The molecule has 0 atom stereocenters. The van der Waals surface area contributed by atoms with Crippen LogP contribution in [-0.4, -0.2) is 29.1 Å². The van der Waals surface area contributed by atoms with E-state index >= 15 is 0 Å². The molecule has 0 fully saturated rings. The normalized spacial score (nSPS) is 12.4. The summed E-state index contributed by atoms with van der Waals surface area (Å²) in [6.45, 7) is 3.93. The number of aryl methyl sites for hydroxylation is 1. The first-order valence-electron chi connectivity index (χ1n) is 11.6. The van der Waals surface area contributed by atoms with Crippen molar-refractivity contribution >= 4 is 16.9 Å². The highest BCUT2D eigenvalue weighted by Gasteiger charge is 2.18. The molecule has 0 saturated carbocycles. The van der Waals surface area contributed by atoms with Gasteiger partial charge in [-0.2, -0.15) is 0 Å². The molecule has 178 valence electrons. The van der Waals surface area contributed by atoms with Crippen LogP contribution >= 0.6 is 0 Å². The fraction of sp³-hybridized carbons (Fsp3) is 0.214. The van der Waals surface area contributed by atoms with Gasteiger partial charge in [0.1, 0.15) is 13.2 Å². The van der Waals surface area contributed by atoms with Crippen LogP contribution in [0.3, 0.4) is 0 Å². The summed E-state index contributed by atoms with van der Waals surface area (Å²) in [5.41, 5.74) is 4.07. The first-order valence-corrected chi connectivity index (χ1v) is 11.6. The zero-order valence-electron chi connectivity index (χ0n) is 19.5. The molecule has 2 N–H and O–H groups in total. The molecule has 4 aromatic rings. The fourth-order valence-corrected chi connectivity index (χ4v) is 4.11. The van der Waals surface area contributed by atoms with Crippen molar-refractivity contribution < 1.29 is 14.3 Å². The summed E-state index contributed by atoms with van der Waals surface area (Å²) < 4.78 is 11.3. The number of nitrogens with one attached hydrogen (secondary N) is 2. The zero-order chi connectivity index (χ0) is 24.2. The summed E-state index contributed by atoms with van der Waals surface area (Å²) in [5, 5.41) is 3.81. The molecule has 1 aromatic heterocycles. The average Bonchev–Trinajstić information content (AvgIpc) is 2.88. The van der Waals surface area contributed by atoms with Gasteiger partial charge in [0.2, 0.25) is 0 Å². The predicted molar refractivity (Wildman–Crippen MR) is 135 cm³/mol. The first-order chi connectivity index (χ1) is 17.0. The number of amides is 2. The monoisotopic (exact) mass is 469 g/mol. The number of hydrogen-bond acceptors (Lipinski definition) is 4. The summed E-state index contributed by atoms with van der Waals surface area (Å²) in [7, 11) is 0. The molecule has 0 radical (unpaired) electrons. The van der Waals surface area contributed by atoms with E-state index in [1.165, 1.54) is 0 Å². The zero-order valence-corrected chi connectivity index (χ0v) is 19.5. The van der Waals surface area contributed by atoms with Crippen molar-refractivity contribution in [3.8, 4) is 11.5 Å². The molecular weight excluding hydrogens is 442 g/mol. The molecule has 3 aromatic carbocycles. The first kappa shape index (κ1) is 22.5. The van der Waals surface area contributed by atoms with Gasteiger partial charge in [0, 0.05) is 30.1 Å². The van der Waals surface area contributed by atoms with Crippen LogP contribution in [0.15, 0.2) is 77.6 Å². The van der Waals surface area contributed by atoms with Crippen LogP contribution in [0.1, 0.15) is 22.3 Å². The number of aromatic nitrogens is 1. The standard InChI is InChI=1S/C28H27N3O4/c1-19-7-9-21(10-8-19)17-31(28(33)29-16-20-5-3-2-4-6-20)18-23-13-22-14-25-26(35-12-11-34-25)15-24(22)30-27(23)32/h2-10,13-15H,11-12,16-18H2,1H3,(H,29,33)(H,30,32). The third-order valence-corrected chi connectivity index (χ3v) is 6.01. The van der Waals surface area contributed by atoms with Crippen molar-refractivity contribution in [2.75, 3.05) is 13.2 Å². The van der Waals surface area contributed by atoms with Crippen molar-refractivity contribution in [2.45, 2.75) is 26.6 Å². The van der Waals surface area contributed by atoms with Crippen molar-refractivity contribution in [2.24, 2.45) is 0 Å². The van der Waals surface area contributed by atoms with Gasteiger partial charge in [0.25, 0.3) is 5.56 Å². The van der Waals surface area contributed by atoms with E-state index in [1.54, 1.807) is 11.0 Å². The van der Waals surface area contributed by atoms with Gasteiger partial charge in [-0.15, -0.1) is 0 Å². The van der Waals surface area contributed by atoms with Crippen molar-refractivity contribution in [1.29, 1.82) is 0 Å². The van der Waals surface area contributed by atoms with Crippen LogP contribution in [0.5, 0.6) is 11.5 Å². The van der Waals surface area contributed by atoms with Gasteiger partial charge in [-0.1, -0.05) is 60.2 Å². The topological polar surface area (TPSA) is 83.7 Å². The molecule has 1 aliphatic rings. The number of carbonyl (C=O) groups excluding carboxylic acids is 1. The molecular formula is C28H27N3O4. The molecule has 0 saturated heterocycles. The van der Waals surface area contributed by atoms with E-state index in [0.29, 0.717) is 48.9 Å². The highest BCUT2D eigenvalue weighted by molar-refractivity contribution is 5.83. The SMILES string of the molecule is Cc1ccc(CN(Cc2cc3cc4c(cc3[nH]c2=O)OCCO4)C(=O)NCc2ccccc2)cc1. The molecule has 7 heteroatoms. The molecule has 5 rings (SSSR count). The Labute approximate surface area is 203 Å². The molecule has 0 aliphatic carbocycles. The minimum Gasteiger partial charge on any atom is -0.486 e. The smallest absolute Gasteiger partial charge is 0.318 e. The van der Waals surface area contributed by atoms with E-state index in [2.05, 4.69) is 10.3 Å². The lowest BCUT2D eigenvalue weighted by Gasteiger charge is -2.24. The number of benzene rings is 3. The largest absolute Gasteiger partial charge is 0.486 e. The van der Waals surface area contributed by atoms with Crippen LogP contribution in [0.4, 0.5) is 4.79 Å². The Morgan fingerprint density at radius 3 is 2.37 bits per heavy atom. The second kappa shape index (κ2) is 9.93. The number of rotatable bonds is 6. The van der Waals surface area contributed by atoms with Gasteiger partial charge in [0.05, 0.1) is 12.1 Å². The van der Waals surface area contributed by atoms with Crippen LogP contribution in [0.2, 0.25) is 0 Å². The van der Waals surface area contributed by atoms with Crippen LogP contribution < -0.4 is 20.3 Å². The predicted octanol–water partition coefficient (Wildman–Crippen LogP) is 4.52. The van der Waals surface area contributed by atoms with E-state index in [-0.39, 0.29) is 18.1 Å². The molecule has 0 bridgehead atoms. The number of hydrogen-bond donors (Lipinski definition) is 2. The van der Waals surface area contributed by atoms with E-state index in [0.717, 1.165) is 22.1 Å². The van der Waals surface area contributed by atoms with E-state index in [9.17, 15) is 9.59 Å². The summed E-state index contributed by atoms with van der Waals surface area (Å²) in [6, 6.07) is 23.0. The Morgan fingerprint density at radius 2 is 1.63 bits per heavy atom. The third kappa shape index (κ3) is 5.30. The van der Waals surface area contributed by atoms with Crippen LogP contribution in [0, 0.1) is 6.92 Å². The number of H-pyrrole nitrogens is 1. The maximum atomic E-state index is 13.2. The minimum absolute atomic E-state index is 0.161. The number of nitrogens with zero attached hydrogens (tertiary/aromatic N) is 1. The Balaban J connectivity index is 1.42. The Kier molecular flexibility index (Phi) is 6.39. The van der Waals surface area contributed by atoms with Gasteiger partial charge in [-0.25, -0.2) is 4.79 Å². The fourth-order valence-electron chi connectivity index (χ4n) is 4.11. The summed E-state index contributed by atoms with van der Waals surface area (Å²) in [4.78, 5) is 30.8. The molecule has 35 heavy (non-hydrogen) atoms. The van der Waals surface area contributed by atoms with Gasteiger partial charge in [-0.05, 0) is 30.2 Å². The lowest BCUT2D eigenvalue weighted by Crippen LogP contribution is -2.39. The Bertz CT molecular complexity index is 1400. The van der Waals surface area contributed by atoms with Gasteiger partial charge in [-0.3, -0.25) is 4.79 Å². The minimum atomic E-state index is -0.240. The van der Waals surface area contributed by atoms with E-state index in [1.807, 2.05) is 73.7 Å². The van der Waals surface area contributed by atoms with Crippen LogP contribution in [-0.2, 0) is 19.6 Å². The maximum Gasteiger partial charge on any atom is 0.318 e. The molecule has 2 amide bonds. The number of aromatic amines is 1. The van der Waals surface area contributed by atoms with Crippen molar-refractivity contribution in [1.82, 2.24) is 15.2 Å². The molecule has 2 heterocycles. The number of carbonyl (C=O) groups is 1. The quantitative estimate of drug-likeness (QED) is 0.435. The lowest BCUT2D eigenvalue weighted by molar-refractivity contribution is 0.172. The molecule has 7 nitrogen and oxygen atoms in total. The highest BCUT2D eigenvalue weighted by atomic mass is 16.6. The number of pyridine rings is 1. The summed E-state index contributed by atoms with van der Waals surface area (Å²) >= 11 is 0. The lowest BCUT2D eigenvalue weighted by atomic mass is 10.1. The number of fused-ring (bicyclic) bond motifs is 2. The highest BCUT2D eigenvalue weighted by Crippen LogP contribution is 2.33. The van der Waals surface area contributed by atoms with E-state index in [4.69, 9.17) is 9.47 Å². The molecule has 0 spiro atoms. The van der Waals surface area contributed by atoms with Gasteiger partial charge in [0.15, 0.2) is 11.5 Å². The molecule has 1 aliphatic heterocycles. The number of ether oxygens (including phenoxy) is 2. The second-order valence-corrected chi connectivity index (χ2v) is 8.69. The van der Waals surface area contributed by atoms with Crippen molar-refractivity contribution in [3.05, 3.63) is 105 Å². The second-order valence-electron chi connectivity index (χ2n) is 8.69. The van der Waals surface area contributed by atoms with Crippen molar-refractivity contribution in [3.63, 3.8) is 0 Å². The Morgan fingerprint density at radius 1 is 0.914 bits per heavy atom. The average molecular weight is 470 g/mol.